The number of rotatable bonds is 1. The maximum atomic E-state index is 15.8. The van der Waals surface area contributed by atoms with Crippen LogP contribution in [0.4, 0.5) is 18.0 Å². The second-order valence-corrected chi connectivity index (χ2v) is 13.6. The average molecular weight is 605 g/mol. The summed E-state index contributed by atoms with van der Waals surface area (Å²) in [5.74, 6) is -5.94. The maximum Gasteiger partial charge on any atom is 0.408 e. The van der Waals surface area contributed by atoms with Gasteiger partial charge in [0.25, 0.3) is 5.92 Å². The van der Waals surface area contributed by atoms with E-state index >= 15 is 8.78 Å². The molecule has 2 fully saturated rings. The highest BCUT2D eigenvalue weighted by atomic mass is 19.3. The van der Waals surface area contributed by atoms with Gasteiger partial charge >= 0.3 is 6.09 Å². The fourth-order valence-corrected chi connectivity index (χ4v) is 6.39. The Morgan fingerprint density at radius 2 is 1.86 bits per heavy atom. The molecule has 0 spiro atoms. The van der Waals surface area contributed by atoms with Gasteiger partial charge in [-0.25, -0.2) is 19.2 Å². The summed E-state index contributed by atoms with van der Waals surface area (Å²) >= 11 is 0. The third-order valence-corrected chi connectivity index (χ3v) is 9.05. The predicted molar refractivity (Wildman–Crippen MR) is 151 cm³/mol. The fourth-order valence-electron chi connectivity index (χ4n) is 6.39. The lowest BCUT2D eigenvalue weighted by atomic mass is 9.85. The van der Waals surface area contributed by atoms with Crippen molar-refractivity contribution in [1.82, 2.24) is 20.2 Å². The van der Waals surface area contributed by atoms with Gasteiger partial charge in [0.2, 0.25) is 11.8 Å². The Labute approximate surface area is 248 Å². The number of amides is 2. The summed E-state index contributed by atoms with van der Waals surface area (Å²) < 4.78 is 57.5. The Morgan fingerprint density at radius 3 is 2.53 bits per heavy atom. The third kappa shape index (κ3) is 6.15. The summed E-state index contributed by atoms with van der Waals surface area (Å²) in [6.07, 6.45) is -0.354. The highest BCUT2D eigenvalue weighted by molar-refractivity contribution is 5.92. The molecule has 1 aliphatic carbocycles. The molecule has 234 valence electrons. The number of carbonyl (C=O) groups is 3. The van der Waals surface area contributed by atoms with Gasteiger partial charge in [0.15, 0.2) is 11.5 Å². The Bertz CT molecular complexity index is 1450. The Balaban J connectivity index is 1.58. The van der Waals surface area contributed by atoms with Crippen molar-refractivity contribution >= 4 is 28.8 Å². The van der Waals surface area contributed by atoms with Gasteiger partial charge in [-0.15, -0.1) is 0 Å². The Kier molecular flexibility index (Phi) is 7.88. The van der Waals surface area contributed by atoms with Crippen LogP contribution in [-0.4, -0.2) is 63.0 Å². The monoisotopic (exact) mass is 604 g/mol. The molecule has 12 heteroatoms. The van der Waals surface area contributed by atoms with E-state index in [4.69, 9.17) is 9.47 Å². The molecular weight excluding hydrogens is 565 g/mol. The molecule has 1 aromatic carbocycles. The van der Waals surface area contributed by atoms with Crippen LogP contribution in [0, 0.1) is 23.1 Å². The first-order valence-corrected chi connectivity index (χ1v) is 14.8. The molecule has 0 unspecified atom stereocenters. The molecule has 2 amide bonds. The van der Waals surface area contributed by atoms with Crippen molar-refractivity contribution in [3.63, 3.8) is 0 Å². The number of hydrogen-bond donors (Lipinski definition) is 1. The molecule has 3 heterocycles. The van der Waals surface area contributed by atoms with E-state index in [-0.39, 0.29) is 35.7 Å². The number of fused-ring (bicyclic) bond motifs is 5. The second kappa shape index (κ2) is 10.9. The number of carbonyl (C=O) groups excluding carboxylic acids is 3. The first kappa shape index (κ1) is 31.0. The molecule has 5 rings (SSSR count). The van der Waals surface area contributed by atoms with Crippen LogP contribution in [0.3, 0.4) is 0 Å². The Hall–Kier alpha value is -3.44. The summed E-state index contributed by atoms with van der Waals surface area (Å²) in [6, 6.07) is 1.52. The Morgan fingerprint density at radius 1 is 1.14 bits per heavy atom. The fraction of sp³-hybridized carbons (Fsp3) is 0.645. The number of benzene rings is 1. The van der Waals surface area contributed by atoms with Gasteiger partial charge in [0.1, 0.15) is 23.6 Å². The first-order chi connectivity index (χ1) is 20.0. The number of halogens is 3. The van der Waals surface area contributed by atoms with Crippen LogP contribution in [0.15, 0.2) is 18.2 Å². The summed E-state index contributed by atoms with van der Waals surface area (Å²) in [5, 5.41) is 2.74. The quantitative estimate of drug-likeness (QED) is 0.455. The average Bonchev–Trinajstić information content (AvgIpc) is 3.41. The zero-order valence-corrected chi connectivity index (χ0v) is 25.4. The van der Waals surface area contributed by atoms with Crippen molar-refractivity contribution in [2.45, 2.75) is 103 Å². The predicted octanol–water partition coefficient (Wildman–Crippen LogP) is 5.54. The van der Waals surface area contributed by atoms with Gasteiger partial charge < -0.3 is 19.7 Å². The van der Waals surface area contributed by atoms with Crippen LogP contribution in [0.1, 0.15) is 79.3 Å². The number of nitrogens with one attached hydrogen (secondary N) is 1. The van der Waals surface area contributed by atoms with Crippen LogP contribution in [-0.2, 0) is 20.2 Å². The lowest BCUT2D eigenvalue weighted by Gasteiger charge is -2.35. The maximum absolute atomic E-state index is 15.8. The minimum absolute atomic E-state index is 0.00563. The number of aromatic nitrogens is 2. The molecule has 2 aromatic rings. The van der Waals surface area contributed by atoms with Crippen molar-refractivity contribution in [1.29, 1.82) is 0 Å². The third-order valence-electron chi connectivity index (χ3n) is 9.05. The standard InChI is InChI=1S/C31H39F3N4O5/c1-16-22-15-38(23(16)17(2)39)27(40)25(29(3,4)5)37-28(41)43-30(6)14-18(30)9-7-8-12-31(33,34)24-26(42-22)36-21-13-19(32)10-11-20(21)35-24/h10-11,13,16,18,22-23,25H,7-9,12,14-15H2,1-6H3,(H,37,41)/t16-,18-,22+,23+,25-,30-/m1/s1. The number of ketones is 1. The summed E-state index contributed by atoms with van der Waals surface area (Å²) in [7, 11) is 0. The molecule has 2 aliphatic heterocycles. The topological polar surface area (TPSA) is 111 Å². The van der Waals surface area contributed by atoms with E-state index < -0.39 is 76.9 Å². The number of alkyl carbamates (subject to hydrolysis) is 1. The summed E-state index contributed by atoms with van der Waals surface area (Å²) in [6.45, 7) is 10.1. The van der Waals surface area contributed by atoms with Crippen molar-refractivity contribution in [3.8, 4) is 5.88 Å². The van der Waals surface area contributed by atoms with Gasteiger partial charge in [0, 0.05) is 24.3 Å². The van der Waals surface area contributed by atoms with Crippen molar-refractivity contribution in [2.75, 3.05) is 6.54 Å². The van der Waals surface area contributed by atoms with Crippen LogP contribution in [0.25, 0.3) is 11.0 Å². The molecule has 43 heavy (non-hydrogen) atoms. The molecule has 0 radical (unpaired) electrons. The van der Waals surface area contributed by atoms with Crippen molar-refractivity contribution in [3.05, 3.63) is 29.7 Å². The molecule has 9 nitrogen and oxygen atoms in total. The van der Waals surface area contributed by atoms with Crippen LogP contribution < -0.4 is 10.1 Å². The zero-order valence-electron chi connectivity index (χ0n) is 25.4. The van der Waals surface area contributed by atoms with E-state index in [1.54, 1.807) is 34.6 Å². The van der Waals surface area contributed by atoms with E-state index in [2.05, 4.69) is 15.3 Å². The molecule has 1 aromatic heterocycles. The molecular formula is C31H39F3N4O5. The lowest BCUT2D eigenvalue weighted by molar-refractivity contribution is -0.141. The number of ether oxygens (including phenoxy) is 2. The number of alkyl halides is 2. The molecule has 1 saturated carbocycles. The van der Waals surface area contributed by atoms with Crippen LogP contribution >= 0.6 is 0 Å². The number of Topliss-reactive ketones (excluding diaryl/α,β-unsaturated/α-hetero) is 1. The van der Waals surface area contributed by atoms with Gasteiger partial charge in [-0.2, -0.15) is 8.78 Å². The SMILES string of the molecule is CC(=O)[C@@H]1[C@H](C)[C@@H]2CN1C(=O)[C@H](C(C)(C)C)NC(=O)O[C@]1(C)C[C@H]1CCCCC(F)(F)c1nc3ccc(F)cc3nc1O2. The van der Waals surface area contributed by atoms with E-state index in [0.717, 1.165) is 12.1 Å². The normalized spacial score (nSPS) is 31.6. The van der Waals surface area contributed by atoms with E-state index in [9.17, 15) is 18.8 Å². The first-order valence-electron chi connectivity index (χ1n) is 14.8. The van der Waals surface area contributed by atoms with Gasteiger partial charge in [0.05, 0.1) is 23.6 Å². The van der Waals surface area contributed by atoms with Gasteiger partial charge in [-0.1, -0.05) is 34.1 Å². The van der Waals surface area contributed by atoms with E-state index in [1.807, 2.05) is 0 Å². The summed E-state index contributed by atoms with van der Waals surface area (Å²) in [4.78, 5) is 49.7. The van der Waals surface area contributed by atoms with Gasteiger partial charge in [-0.05, 0) is 50.7 Å². The smallest absolute Gasteiger partial charge is 0.408 e. The molecule has 2 bridgehead atoms. The molecule has 6 atom stereocenters. The zero-order chi connectivity index (χ0) is 31.5. The largest absolute Gasteiger partial charge is 0.471 e. The minimum Gasteiger partial charge on any atom is -0.471 e. The van der Waals surface area contributed by atoms with E-state index in [0.29, 0.717) is 19.3 Å². The molecule has 1 saturated heterocycles. The minimum atomic E-state index is -3.42. The van der Waals surface area contributed by atoms with Crippen molar-refractivity contribution in [2.24, 2.45) is 17.3 Å². The number of hydrogen-bond acceptors (Lipinski definition) is 7. The highest BCUT2D eigenvalue weighted by Gasteiger charge is 2.54. The molecule has 3 aliphatic rings. The van der Waals surface area contributed by atoms with Gasteiger partial charge in [-0.3, -0.25) is 9.59 Å². The molecule has 1 N–H and O–H groups in total. The van der Waals surface area contributed by atoms with Crippen LogP contribution in [0.2, 0.25) is 0 Å². The summed E-state index contributed by atoms with van der Waals surface area (Å²) in [5.41, 5.74) is -2.03. The number of nitrogens with zero attached hydrogens (tertiary/aromatic N) is 3. The highest BCUT2D eigenvalue weighted by Crippen LogP contribution is 2.50. The van der Waals surface area contributed by atoms with Crippen molar-refractivity contribution < 1.29 is 37.0 Å². The van der Waals surface area contributed by atoms with Crippen LogP contribution in [0.5, 0.6) is 5.88 Å². The van der Waals surface area contributed by atoms with E-state index in [1.165, 1.54) is 17.9 Å². The lowest BCUT2D eigenvalue weighted by Crippen LogP contribution is -2.57. The second-order valence-electron chi connectivity index (χ2n) is 13.6.